The first-order chi connectivity index (χ1) is 8.15. The molecule has 0 aromatic carbocycles. The molecule has 0 saturated heterocycles. The molecule has 0 spiro atoms. The SMILES string of the molecule is Cc1ccc2[nH]c(=S)n(C(C)CC3CC3)c2n1. The van der Waals surface area contributed by atoms with Gasteiger partial charge in [0.2, 0.25) is 0 Å². The van der Waals surface area contributed by atoms with Crippen LogP contribution in [-0.4, -0.2) is 14.5 Å². The molecule has 2 aromatic rings. The second kappa shape index (κ2) is 3.95. The van der Waals surface area contributed by atoms with E-state index >= 15 is 0 Å². The highest BCUT2D eigenvalue weighted by atomic mass is 32.1. The number of H-pyrrole nitrogens is 1. The number of nitrogens with one attached hydrogen (secondary N) is 1. The van der Waals surface area contributed by atoms with E-state index < -0.39 is 0 Å². The molecule has 3 rings (SSSR count). The van der Waals surface area contributed by atoms with Crippen molar-refractivity contribution in [1.29, 1.82) is 0 Å². The molecule has 1 aliphatic carbocycles. The summed E-state index contributed by atoms with van der Waals surface area (Å²) in [6.45, 7) is 4.26. The van der Waals surface area contributed by atoms with E-state index in [9.17, 15) is 0 Å². The standard InChI is InChI=1S/C13H17N3S/c1-8-3-6-11-12(14-8)16(13(17)15-11)9(2)7-10-4-5-10/h3,6,9-10H,4-5,7H2,1-2H3,(H,15,17). The number of imidazole rings is 1. The van der Waals surface area contributed by atoms with Crippen molar-refractivity contribution in [3.63, 3.8) is 0 Å². The van der Waals surface area contributed by atoms with Crippen LogP contribution in [0.2, 0.25) is 0 Å². The molecule has 1 fully saturated rings. The van der Waals surface area contributed by atoms with Crippen LogP contribution in [0, 0.1) is 17.6 Å². The van der Waals surface area contributed by atoms with Gasteiger partial charge in [-0.2, -0.15) is 0 Å². The molecule has 17 heavy (non-hydrogen) atoms. The Bertz CT molecular complexity index is 607. The van der Waals surface area contributed by atoms with E-state index in [4.69, 9.17) is 12.2 Å². The van der Waals surface area contributed by atoms with Gasteiger partial charge < -0.3 is 4.98 Å². The molecule has 1 aliphatic rings. The third-order valence-electron chi connectivity index (χ3n) is 3.52. The fourth-order valence-electron chi connectivity index (χ4n) is 2.45. The van der Waals surface area contributed by atoms with Crippen LogP contribution in [0.5, 0.6) is 0 Å². The Morgan fingerprint density at radius 1 is 1.53 bits per heavy atom. The monoisotopic (exact) mass is 247 g/mol. The number of nitrogens with zero attached hydrogens (tertiary/aromatic N) is 2. The lowest BCUT2D eigenvalue weighted by Gasteiger charge is -2.13. The van der Waals surface area contributed by atoms with E-state index in [2.05, 4.69) is 27.5 Å². The van der Waals surface area contributed by atoms with Crippen molar-refractivity contribution in [2.45, 2.75) is 39.2 Å². The van der Waals surface area contributed by atoms with Crippen LogP contribution in [0.1, 0.15) is 37.9 Å². The topological polar surface area (TPSA) is 33.6 Å². The van der Waals surface area contributed by atoms with Crippen LogP contribution in [0.25, 0.3) is 11.2 Å². The fraction of sp³-hybridized carbons (Fsp3) is 0.538. The van der Waals surface area contributed by atoms with Crippen molar-refractivity contribution in [2.75, 3.05) is 0 Å². The molecule has 1 unspecified atom stereocenters. The normalized spacial score (nSPS) is 17.5. The van der Waals surface area contributed by atoms with Gasteiger partial charge in [0.25, 0.3) is 0 Å². The molecule has 0 amide bonds. The Morgan fingerprint density at radius 2 is 2.29 bits per heavy atom. The van der Waals surface area contributed by atoms with Crippen LogP contribution < -0.4 is 0 Å². The Morgan fingerprint density at radius 3 is 3.00 bits per heavy atom. The number of fused-ring (bicyclic) bond motifs is 1. The molecule has 90 valence electrons. The number of hydrogen-bond donors (Lipinski definition) is 1. The van der Waals surface area contributed by atoms with Crippen molar-refractivity contribution >= 4 is 23.4 Å². The molecule has 0 bridgehead atoms. The molecule has 0 aliphatic heterocycles. The predicted octanol–water partition coefficient (Wildman–Crippen LogP) is 3.76. The molecule has 2 heterocycles. The maximum Gasteiger partial charge on any atom is 0.179 e. The summed E-state index contributed by atoms with van der Waals surface area (Å²) >= 11 is 5.41. The number of aryl methyl sites for hydroxylation is 1. The molecule has 1 N–H and O–H groups in total. The van der Waals surface area contributed by atoms with Gasteiger partial charge in [0.15, 0.2) is 10.4 Å². The molecule has 0 radical (unpaired) electrons. The first-order valence-electron chi connectivity index (χ1n) is 6.23. The minimum Gasteiger partial charge on any atom is -0.329 e. The summed E-state index contributed by atoms with van der Waals surface area (Å²) < 4.78 is 2.97. The fourth-order valence-corrected chi connectivity index (χ4v) is 2.82. The number of hydrogen-bond acceptors (Lipinski definition) is 2. The molecule has 4 heteroatoms. The highest BCUT2D eigenvalue weighted by molar-refractivity contribution is 7.71. The average Bonchev–Trinajstić information content (AvgIpc) is 3.00. The van der Waals surface area contributed by atoms with Crippen molar-refractivity contribution in [1.82, 2.24) is 14.5 Å². The summed E-state index contributed by atoms with van der Waals surface area (Å²) in [6.07, 6.45) is 3.98. The second-order valence-electron chi connectivity index (χ2n) is 5.15. The lowest BCUT2D eigenvalue weighted by Crippen LogP contribution is -2.07. The molecular weight excluding hydrogens is 230 g/mol. The van der Waals surface area contributed by atoms with Crippen LogP contribution >= 0.6 is 12.2 Å². The lowest BCUT2D eigenvalue weighted by atomic mass is 10.1. The zero-order valence-corrected chi connectivity index (χ0v) is 11.0. The van der Waals surface area contributed by atoms with Gasteiger partial charge in [0.05, 0.1) is 5.52 Å². The van der Waals surface area contributed by atoms with E-state index in [0.29, 0.717) is 6.04 Å². The molecule has 1 saturated carbocycles. The molecule has 2 aromatic heterocycles. The Labute approximate surface area is 106 Å². The van der Waals surface area contributed by atoms with Gasteiger partial charge in [0, 0.05) is 11.7 Å². The molecule has 1 atom stereocenters. The minimum atomic E-state index is 0.443. The van der Waals surface area contributed by atoms with Crippen molar-refractivity contribution in [3.05, 3.63) is 22.6 Å². The quantitative estimate of drug-likeness (QED) is 0.838. The van der Waals surface area contributed by atoms with E-state index in [-0.39, 0.29) is 0 Å². The van der Waals surface area contributed by atoms with E-state index in [1.807, 2.05) is 13.0 Å². The predicted molar refractivity (Wildman–Crippen MR) is 71.7 cm³/mol. The highest BCUT2D eigenvalue weighted by Gasteiger charge is 2.25. The lowest BCUT2D eigenvalue weighted by molar-refractivity contribution is 0.480. The number of rotatable bonds is 3. The second-order valence-corrected chi connectivity index (χ2v) is 5.54. The summed E-state index contributed by atoms with van der Waals surface area (Å²) in [5.41, 5.74) is 3.09. The van der Waals surface area contributed by atoms with Gasteiger partial charge in [-0.25, -0.2) is 4.98 Å². The summed E-state index contributed by atoms with van der Waals surface area (Å²) in [4.78, 5) is 7.85. The smallest absolute Gasteiger partial charge is 0.179 e. The van der Waals surface area contributed by atoms with Gasteiger partial charge in [0.1, 0.15) is 0 Å². The minimum absolute atomic E-state index is 0.443. The highest BCUT2D eigenvalue weighted by Crippen LogP contribution is 2.37. The van der Waals surface area contributed by atoms with Crippen molar-refractivity contribution < 1.29 is 0 Å². The van der Waals surface area contributed by atoms with Crippen LogP contribution in [-0.2, 0) is 0 Å². The van der Waals surface area contributed by atoms with Crippen molar-refractivity contribution in [2.24, 2.45) is 5.92 Å². The molecule has 3 nitrogen and oxygen atoms in total. The maximum atomic E-state index is 5.41. The van der Waals surface area contributed by atoms with Gasteiger partial charge >= 0.3 is 0 Å². The van der Waals surface area contributed by atoms with Gasteiger partial charge in [-0.05, 0) is 50.5 Å². The van der Waals surface area contributed by atoms with Gasteiger partial charge in [-0.3, -0.25) is 4.57 Å². The summed E-state index contributed by atoms with van der Waals surface area (Å²) in [5, 5.41) is 0. The average molecular weight is 247 g/mol. The number of aromatic nitrogens is 3. The Kier molecular flexibility index (Phi) is 2.54. The largest absolute Gasteiger partial charge is 0.329 e. The van der Waals surface area contributed by atoms with E-state index in [1.54, 1.807) is 0 Å². The zero-order valence-electron chi connectivity index (χ0n) is 10.2. The van der Waals surface area contributed by atoms with Crippen molar-refractivity contribution in [3.8, 4) is 0 Å². The van der Waals surface area contributed by atoms with E-state index in [1.165, 1.54) is 19.3 Å². The third kappa shape index (κ3) is 2.02. The Hall–Kier alpha value is -1.16. The Balaban J connectivity index is 2.09. The summed E-state index contributed by atoms with van der Waals surface area (Å²) in [7, 11) is 0. The number of pyridine rings is 1. The zero-order chi connectivity index (χ0) is 12.0. The first-order valence-corrected chi connectivity index (χ1v) is 6.64. The van der Waals surface area contributed by atoms with E-state index in [0.717, 1.165) is 27.5 Å². The van der Waals surface area contributed by atoms with Crippen LogP contribution in [0.3, 0.4) is 0 Å². The number of aromatic amines is 1. The van der Waals surface area contributed by atoms with Gasteiger partial charge in [-0.15, -0.1) is 0 Å². The summed E-state index contributed by atoms with van der Waals surface area (Å²) in [6, 6.07) is 4.52. The molecular formula is C13H17N3S. The van der Waals surface area contributed by atoms with Crippen LogP contribution in [0.15, 0.2) is 12.1 Å². The van der Waals surface area contributed by atoms with Gasteiger partial charge in [-0.1, -0.05) is 12.8 Å². The third-order valence-corrected chi connectivity index (χ3v) is 3.81. The maximum absolute atomic E-state index is 5.41. The first kappa shape index (κ1) is 11.0. The van der Waals surface area contributed by atoms with Crippen LogP contribution in [0.4, 0.5) is 0 Å². The summed E-state index contributed by atoms with van der Waals surface area (Å²) in [5.74, 6) is 0.904.